The number of benzene rings is 2. The summed E-state index contributed by atoms with van der Waals surface area (Å²) in [6.45, 7) is 2.57. The van der Waals surface area contributed by atoms with Gasteiger partial charge < -0.3 is 5.32 Å². The zero-order chi connectivity index (χ0) is 21.3. The van der Waals surface area contributed by atoms with Gasteiger partial charge in [-0.3, -0.25) is 9.59 Å². The number of nitrogens with zero attached hydrogens (tertiary/aromatic N) is 1. The molecule has 0 aliphatic heterocycles. The van der Waals surface area contributed by atoms with Crippen LogP contribution in [0.1, 0.15) is 34.1 Å². The number of halogens is 1. The first-order valence-corrected chi connectivity index (χ1v) is 11.6. The molecule has 0 saturated heterocycles. The lowest BCUT2D eigenvalue weighted by Crippen LogP contribution is -2.27. The molecule has 0 spiro atoms. The van der Waals surface area contributed by atoms with E-state index in [1.165, 1.54) is 40.8 Å². The molecule has 1 aromatic heterocycles. The largest absolute Gasteiger partial charge is 0.355 e. The molecule has 0 unspecified atom stereocenters. The van der Waals surface area contributed by atoms with Crippen LogP contribution in [-0.2, 0) is 24.1 Å². The minimum atomic E-state index is -0.268. The Morgan fingerprint density at radius 3 is 2.47 bits per heavy atom. The third-order valence-electron chi connectivity index (χ3n) is 4.53. The quantitative estimate of drug-likeness (QED) is 0.365. The zero-order valence-corrected chi connectivity index (χ0v) is 18.3. The molecular weight excluding hydrogens is 419 g/mol. The van der Waals surface area contributed by atoms with E-state index >= 15 is 0 Å². The summed E-state index contributed by atoms with van der Waals surface area (Å²) in [4.78, 5) is 28.9. The summed E-state index contributed by atoms with van der Waals surface area (Å²) in [5, 5.41) is 4.71. The molecule has 0 bridgehead atoms. The van der Waals surface area contributed by atoms with E-state index in [2.05, 4.69) is 17.2 Å². The molecular formula is C23H23FN2O2S2. The molecule has 2 aromatic carbocycles. The molecule has 0 radical (unpaired) electrons. The maximum atomic E-state index is 12.9. The molecule has 7 heteroatoms. The van der Waals surface area contributed by atoms with Crippen LogP contribution in [0.5, 0.6) is 0 Å². The highest BCUT2D eigenvalue weighted by molar-refractivity contribution is 8.01. The first kappa shape index (κ1) is 22.2. The predicted molar refractivity (Wildman–Crippen MR) is 120 cm³/mol. The van der Waals surface area contributed by atoms with Gasteiger partial charge in [-0.05, 0) is 36.1 Å². The Kier molecular flexibility index (Phi) is 8.16. The van der Waals surface area contributed by atoms with E-state index in [9.17, 15) is 14.0 Å². The Balaban J connectivity index is 1.41. The van der Waals surface area contributed by atoms with Crippen LogP contribution in [0.15, 0.2) is 58.3 Å². The number of carbonyl (C=O) groups excluding carboxylic acids is 2. The SMILES string of the molecule is CCc1ccc(C(=O)CSc2nc(CC(=O)NCCc3ccc(F)cc3)cs2)cc1. The zero-order valence-electron chi connectivity index (χ0n) is 16.7. The van der Waals surface area contributed by atoms with Gasteiger partial charge in [-0.2, -0.15) is 0 Å². The van der Waals surface area contributed by atoms with Crippen LogP contribution in [0.25, 0.3) is 0 Å². The van der Waals surface area contributed by atoms with Crippen molar-refractivity contribution < 1.29 is 14.0 Å². The van der Waals surface area contributed by atoms with E-state index in [4.69, 9.17) is 0 Å². The van der Waals surface area contributed by atoms with Crippen molar-refractivity contribution in [2.75, 3.05) is 12.3 Å². The molecule has 0 saturated carbocycles. The second kappa shape index (κ2) is 11.0. The van der Waals surface area contributed by atoms with Crippen molar-refractivity contribution in [3.05, 3.63) is 82.1 Å². The van der Waals surface area contributed by atoms with Crippen molar-refractivity contribution in [2.45, 2.75) is 30.5 Å². The average Bonchev–Trinajstić information content (AvgIpc) is 3.20. The molecule has 156 valence electrons. The van der Waals surface area contributed by atoms with Crippen LogP contribution >= 0.6 is 23.1 Å². The number of nitrogens with one attached hydrogen (secondary N) is 1. The molecule has 30 heavy (non-hydrogen) atoms. The molecule has 3 rings (SSSR count). The van der Waals surface area contributed by atoms with Gasteiger partial charge in [-0.1, -0.05) is 55.1 Å². The Morgan fingerprint density at radius 1 is 1.07 bits per heavy atom. The second-order valence-corrected chi connectivity index (χ2v) is 8.85. The van der Waals surface area contributed by atoms with Crippen molar-refractivity contribution in [2.24, 2.45) is 0 Å². The Labute approximate surface area is 183 Å². The predicted octanol–water partition coefficient (Wildman–Crippen LogP) is 4.72. The molecule has 4 nitrogen and oxygen atoms in total. The lowest BCUT2D eigenvalue weighted by Gasteiger charge is -2.04. The standard InChI is InChI=1S/C23H23FN2O2S2/c1-2-16-3-7-18(8-4-16)21(27)15-30-23-26-20(14-29-23)13-22(28)25-12-11-17-5-9-19(24)10-6-17/h3-10,14H,2,11-13,15H2,1H3,(H,25,28). The highest BCUT2D eigenvalue weighted by Gasteiger charge is 2.11. The first-order valence-electron chi connectivity index (χ1n) is 9.74. The topological polar surface area (TPSA) is 59.1 Å². The summed E-state index contributed by atoms with van der Waals surface area (Å²) < 4.78 is 13.7. The van der Waals surface area contributed by atoms with Gasteiger partial charge in [0.2, 0.25) is 5.91 Å². The van der Waals surface area contributed by atoms with Crippen LogP contribution < -0.4 is 5.32 Å². The normalized spacial score (nSPS) is 10.7. The van der Waals surface area contributed by atoms with Crippen molar-refractivity contribution in [3.8, 4) is 0 Å². The van der Waals surface area contributed by atoms with Crippen molar-refractivity contribution in [3.63, 3.8) is 0 Å². The molecule has 0 fully saturated rings. The smallest absolute Gasteiger partial charge is 0.226 e. The summed E-state index contributed by atoms with van der Waals surface area (Å²) in [6, 6.07) is 13.9. The summed E-state index contributed by atoms with van der Waals surface area (Å²) in [6.07, 6.45) is 1.80. The van der Waals surface area contributed by atoms with Gasteiger partial charge in [0.1, 0.15) is 5.82 Å². The van der Waals surface area contributed by atoms with Gasteiger partial charge in [0.25, 0.3) is 0 Å². The fourth-order valence-corrected chi connectivity index (χ4v) is 4.54. The lowest BCUT2D eigenvalue weighted by atomic mass is 10.1. The Morgan fingerprint density at radius 2 is 1.77 bits per heavy atom. The summed E-state index contributed by atoms with van der Waals surface area (Å²) in [5.41, 5.74) is 3.58. The average molecular weight is 443 g/mol. The van der Waals surface area contributed by atoms with E-state index in [-0.39, 0.29) is 23.9 Å². The number of carbonyl (C=O) groups is 2. The number of thiazole rings is 1. The van der Waals surface area contributed by atoms with Crippen molar-refractivity contribution in [1.82, 2.24) is 10.3 Å². The molecule has 0 aliphatic rings. The number of rotatable bonds is 10. The number of hydrogen-bond donors (Lipinski definition) is 1. The summed E-state index contributed by atoms with van der Waals surface area (Å²) >= 11 is 2.83. The van der Waals surface area contributed by atoms with Crippen LogP contribution in [0.4, 0.5) is 4.39 Å². The Bertz CT molecular complexity index is 985. The van der Waals surface area contributed by atoms with E-state index in [0.29, 0.717) is 30.0 Å². The fourth-order valence-electron chi connectivity index (χ4n) is 2.80. The number of aromatic nitrogens is 1. The van der Waals surface area contributed by atoms with Gasteiger partial charge >= 0.3 is 0 Å². The second-order valence-electron chi connectivity index (χ2n) is 6.77. The van der Waals surface area contributed by atoms with Crippen LogP contribution in [0, 0.1) is 5.82 Å². The van der Waals surface area contributed by atoms with E-state index in [0.717, 1.165) is 16.3 Å². The molecule has 3 aromatic rings. The van der Waals surface area contributed by atoms with Gasteiger partial charge in [-0.25, -0.2) is 9.37 Å². The fraction of sp³-hybridized carbons (Fsp3) is 0.261. The highest BCUT2D eigenvalue weighted by atomic mass is 32.2. The molecule has 0 aliphatic carbocycles. The van der Waals surface area contributed by atoms with Crippen LogP contribution in [-0.4, -0.2) is 29.0 Å². The summed E-state index contributed by atoms with van der Waals surface area (Å²) in [5.74, 6) is 0.0162. The maximum Gasteiger partial charge on any atom is 0.226 e. The van der Waals surface area contributed by atoms with E-state index in [1.54, 1.807) is 12.1 Å². The van der Waals surface area contributed by atoms with Gasteiger partial charge in [0.15, 0.2) is 10.1 Å². The number of Topliss-reactive ketones (excluding diaryl/α,β-unsaturated/α-hetero) is 1. The lowest BCUT2D eigenvalue weighted by molar-refractivity contribution is -0.120. The molecule has 0 atom stereocenters. The number of amides is 1. The number of thioether (sulfide) groups is 1. The monoisotopic (exact) mass is 442 g/mol. The molecule has 1 amide bonds. The highest BCUT2D eigenvalue weighted by Crippen LogP contribution is 2.24. The van der Waals surface area contributed by atoms with Crippen LogP contribution in [0.2, 0.25) is 0 Å². The number of aryl methyl sites for hydroxylation is 1. The molecule has 1 N–H and O–H groups in total. The van der Waals surface area contributed by atoms with Crippen LogP contribution in [0.3, 0.4) is 0 Å². The van der Waals surface area contributed by atoms with E-state index < -0.39 is 0 Å². The number of ketones is 1. The van der Waals surface area contributed by atoms with Crippen molar-refractivity contribution in [1.29, 1.82) is 0 Å². The van der Waals surface area contributed by atoms with Gasteiger partial charge in [-0.15, -0.1) is 11.3 Å². The van der Waals surface area contributed by atoms with E-state index in [1.807, 2.05) is 29.6 Å². The minimum Gasteiger partial charge on any atom is -0.355 e. The van der Waals surface area contributed by atoms with Crippen molar-refractivity contribution >= 4 is 34.8 Å². The molecule has 1 heterocycles. The van der Waals surface area contributed by atoms with Gasteiger partial charge in [0.05, 0.1) is 17.9 Å². The van der Waals surface area contributed by atoms with Gasteiger partial charge in [0, 0.05) is 17.5 Å². The minimum absolute atomic E-state index is 0.0675. The first-order chi connectivity index (χ1) is 14.5. The number of hydrogen-bond acceptors (Lipinski definition) is 5. The Hall–Kier alpha value is -2.51. The summed E-state index contributed by atoms with van der Waals surface area (Å²) in [7, 11) is 0. The third kappa shape index (κ3) is 6.78. The third-order valence-corrected chi connectivity index (χ3v) is 6.60. The maximum absolute atomic E-state index is 12.9.